The predicted molar refractivity (Wildman–Crippen MR) is 24.8 cm³/mol. The molecule has 42 valence electrons. The zero-order valence-corrected chi connectivity index (χ0v) is 6.51. The van der Waals surface area contributed by atoms with Crippen molar-refractivity contribution in [2.24, 2.45) is 0 Å². The average molecular weight is 146 g/mol. The summed E-state index contributed by atoms with van der Waals surface area (Å²) in [7, 11) is 0. The van der Waals surface area contributed by atoms with Gasteiger partial charge in [-0.2, -0.15) is 0 Å². The standard InChI is InChI=1S/C2H4O2.2Al.2O/c3-1-2-4;;;;/h1-2H2;;;;/q-2;2*+1;;. The van der Waals surface area contributed by atoms with E-state index in [0.717, 1.165) is 0 Å². The molecule has 0 rings (SSSR count). The molecule has 0 heterocycles. The fourth-order valence-electron chi connectivity index (χ4n) is 0.192. The fraction of sp³-hybridized carbons (Fsp3) is 1.00. The first-order valence-electron chi connectivity index (χ1n) is 2.02. The predicted octanol–water partition coefficient (Wildman–Crippen LogP) is -1.05. The zero-order chi connectivity index (χ0) is 6.24. The monoisotopic (exact) mass is 146 g/mol. The quantitative estimate of drug-likeness (QED) is 0.366. The first-order chi connectivity index (χ1) is 3.91. The van der Waals surface area contributed by atoms with Gasteiger partial charge in [0.1, 0.15) is 0 Å². The Morgan fingerprint density at radius 3 is 1.62 bits per heavy atom. The summed E-state index contributed by atoms with van der Waals surface area (Å²) in [6, 6.07) is 0. The Bertz CT molecular complexity index is 64.4. The van der Waals surface area contributed by atoms with Crippen LogP contribution in [-0.2, 0) is 15.2 Å². The van der Waals surface area contributed by atoms with Crippen LogP contribution in [-0.4, -0.2) is 44.2 Å². The third kappa shape index (κ3) is 6.26. The van der Waals surface area contributed by atoms with E-state index in [1.165, 1.54) is 0 Å². The Labute approximate surface area is 59.7 Å². The second kappa shape index (κ2) is 7.26. The Hall–Kier alpha value is 0.265. The molecule has 0 amide bonds. The molecule has 0 aromatic heterocycles. The van der Waals surface area contributed by atoms with Gasteiger partial charge in [0.05, 0.1) is 0 Å². The van der Waals surface area contributed by atoms with Crippen LogP contribution in [0.4, 0.5) is 0 Å². The van der Waals surface area contributed by atoms with Crippen LogP contribution >= 0.6 is 0 Å². The summed E-state index contributed by atoms with van der Waals surface area (Å²) in [5, 5.41) is 0. The fourth-order valence-corrected chi connectivity index (χ4v) is 0.577. The van der Waals surface area contributed by atoms with Crippen LogP contribution in [0.2, 0.25) is 0 Å². The Balaban J connectivity index is 2.71. The molecule has 0 saturated heterocycles. The molecule has 0 aliphatic heterocycles. The molecule has 0 aromatic rings. The van der Waals surface area contributed by atoms with Crippen molar-refractivity contribution in [2.45, 2.75) is 0 Å². The molecule has 4 nitrogen and oxygen atoms in total. The minimum atomic E-state index is -1.15. The van der Waals surface area contributed by atoms with Crippen molar-refractivity contribution in [1.29, 1.82) is 0 Å². The molecule has 0 aliphatic rings. The number of rotatable bonds is 5. The van der Waals surface area contributed by atoms with Gasteiger partial charge in [0, 0.05) is 0 Å². The normalized spacial score (nSPS) is 6.50. The molecule has 0 spiro atoms. The molecular weight excluding hydrogens is 142 g/mol. The summed E-state index contributed by atoms with van der Waals surface area (Å²) in [6.07, 6.45) is 0. The second-order valence-electron chi connectivity index (χ2n) is 0.934. The van der Waals surface area contributed by atoms with Crippen molar-refractivity contribution < 1.29 is 15.2 Å². The van der Waals surface area contributed by atoms with E-state index in [0.29, 0.717) is 0 Å². The van der Waals surface area contributed by atoms with Gasteiger partial charge in [0.15, 0.2) is 0 Å². The van der Waals surface area contributed by atoms with Crippen LogP contribution in [0.15, 0.2) is 0 Å². The van der Waals surface area contributed by atoms with Gasteiger partial charge >= 0.3 is 59.4 Å². The van der Waals surface area contributed by atoms with E-state index in [2.05, 4.69) is 7.58 Å². The maximum absolute atomic E-state index is 9.63. The topological polar surface area (TPSA) is 52.6 Å². The summed E-state index contributed by atoms with van der Waals surface area (Å²) in [5.74, 6) is 0. The summed E-state index contributed by atoms with van der Waals surface area (Å²) >= 11 is -2.29. The molecule has 0 radical (unpaired) electrons. The van der Waals surface area contributed by atoms with Gasteiger partial charge in [-0.25, -0.2) is 0 Å². The summed E-state index contributed by atoms with van der Waals surface area (Å²) in [4.78, 5) is 0. The maximum atomic E-state index is 9.63. The molecule has 0 aliphatic carbocycles. The Morgan fingerprint density at radius 1 is 1.00 bits per heavy atom. The molecule has 0 unspecified atom stereocenters. The van der Waals surface area contributed by atoms with Crippen molar-refractivity contribution in [3.8, 4) is 0 Å². The van der Waals surface area contributed by atoms with Gasteiger partial charge in [-0.15, -0.1) is 0 Å². The van der Waals surface area contributed by atoms with Gasteiger partial charge in [-0.05, 0) is 0 Å². The molecule has 8 heavy (non-hydrogen) atoms. The second-order valence-corrected chi connectivity index (χ2v) is 1.99. The van der Waals surface area contributed by atoms with Crippen molar-refractivity contribution in [1.82, 2.24) is 0 Å². The van der Waals surface area contributed by atoms with Crippen molar-refractivity contribution in [3.63, 3.8) is 0 Å². The molecule has 0 fully saturated rings. The summed E-state index contributed by atoms with van der Waals surface area (Å²) < 4.78 is 28.1. The minimum absolute atomic E-state index is 0.272. The summed E-state index contributed by atoms with van der Waals surface area (Å²) in [6.45, 7) is 0.544. The Kier molecular flexibility index (Phi) is 7.51. The van der Waals surface area contributed by atoms with Crippen LogP contribution in [0.5, 0.6) is 0 Å². The molecule has 0 atom stereocenters. The third-order valence-electron chi connectivity index (χ3n) is 0.455. The van der Waals surface area contributed by atoms with E-state index in [1.54, 1.807) is 0 Å². The van der Waals surface area contributed by atoms with Crippen LogP contribution in [0.25, 0.3) is 0 Å². The van der Waals surface area contributed by atoms with Crippen LogP contribution in [0.3, 0.4) is 0 Å². The van der Waals surface area contributed by atoms with Gasteiger partial charge in [0.25, 0.3) is 0 Å². The van der Waals surface area contributed by atoms with Crippen LogP contribution in [0.1, 0.15) is 0 Å². The molecular formula is C2H4Al2O4. The number of hydrogen-bond acceptors (Lipinski definition) is 4. The summed E-state index contributed by atoms with van der Waals surface area (Å²) in [5.41, 5.74) is 0. The van der Waals surface area contributed by atoms with Crippen molar-refractivity contribution in [3.05, 3.63) is 0 Å². The Morgan fingerprint density at radius 2 is 1.38 bits per heavy atom. The van der Waals surface area contributed by atoms with E-state index in [-0.39, 0.29) is 13.2 Å². The van der Waals surface area contributed by atoms with Crippen LogP contribution < -0.4 is 0 Å². The number of hydrogen-bond donors (Lipinski definition) is 0. The van der Waals surface area contributed by atoms with E-state index < -0.39 is 31.0 Å². The zero-order valence-electron chi connectivity index (χ0n) is 4.20. The third-order valence-corrected chi connectivity index (χ3v) is 1.20. The first kappa shape index (κ1) is 8.26. The van der Waals surface area contributed by atoms with Gasteiger partial charge < -0.3 is 0 Å². The van der Waals surface area contributed by atoms with E-state index in [4.69, 9.17) is 0 Å². The van der Waals surface area contributed by atoms with Crippen molar-refractivity contribution >= 4 is 31.0 Å². The molecule has 0 aromatic carbocycles. The molecule has 6 heteroatoms. The van der Waals surface area contributed by atoms with Crippen LogP contribution in [0, 0.1) is 0 Å². The molecule has 0 N–H and O–H groups in total. The average Bonchev–Trinajstić information content (AvgIpc) is 1.81. The first-order valence-corrected chi connectivity index (χ1v) is 3.91. The SMILES string of the molecule is [O]=[Al][O]CC[O][Al]=[O]. The van der Waals surface area contributed by atoms with Gasteiger partial charge in [-0.3, -0.25) is 0 Å². The molecule has 0 bridgehead atoms. The van der Waals surface area contributed by atoms with Gasteiger partial charge in [0.2, 0.25) is 0 Å². The van der Waals surface area contributed by atoms with E-state index in [1.807, 2.05) is 0 Å². The van der Waals surface area contributed by atoms with Crippen molar-refractivity contribution in [2.75, 3.05) is 13.2 Å². The van der Waals surface area contributed by atoms with E-state index >= 15 is 0 Å². The molecule has 0 saturated carbocycles. The van der Waals surface area contributed by atoms with Gasteiger partial charge in [-0.1, -0.05) is 0 Å². The van der Waals surface area contributed by atoms with E-state index in [9.17, 15) is 7.61 Å².